The molecule has 0 spiro atoms. The first-order valence-electron chi connectivity index (χ1n) is 9.08. The Morgan fingerprint density at radius 2 is 1.41 bits per heavy atom. The zero-order valence-corrected chi connectivity index (χ0v) is 19.9. The first-order valence-corrected chi connectivity index (χ1v) is 11.7. The second kappa shape index (κ2) is 8.56. The van der Waals surface area contributed by atoms with Crippen molar-refractivity contribution in [3.63, 3.8) is 0 Å². The van der Waals surface area contributed by atoms with Gasteiger partial charge in [-0.1, -0.05) is 48.5 Å². The van der Waals surface area contributed by atoms with Crippen LogP contribution < -0.4 is 4.74 Å². The second-order valence-corrected chi connectivity index (χ2v) is 9.23. The Kier molecular flexibility index (Phi) is 6.06. The molecule has 0 aliphatic heterocycles. The lowest BCUT2D eigenvalue weighted by Crippen LogP contribution is -2.03. The van der Waals surface area contributed by atoms with E-state index in [-0.39, 0.29) is 0 Å². The number of ether oxygens (including phenoxy) is 1. The topological polar surface area (TPSA) is 35.5 Å². The van der Waals surface area contributed by atoms with Crippen LogP contribution in [0.5, 0.6) is 5.75 Å². The van der Waals surface area contributed by atoms with Crippen LogP contribution in [0.25, 0.3) is 32.7 Å². The van der Waals surface area contributed by atoms with E-state index >= 15 is 0 Å². The Morgan fingerprint density at radius 3 is 2.00 bits per heavy atom. The minimum Gasteiger partial charge on any atom is -0.495 e. The molecule has 4 aromatic rings. The fourth-order valence-corrected chi connectivity index (χ4v) is 5.99. The lowest BCUT2D eigenvalue weighted by molar-refractivity contribution is 0.371. The number of hydrogen-bond acceptors (Lipinski definition) is 3. The molecule has 148 valence electrons. The molecule has 0 radical (unpaired) electrons. The summed E-state index contributed by atoms with van der Waals surface area (Å²) in [5.41, 5.74) is 1.73. The first-order chi connectivity index (χ1) is 14.1. The third kappa shape index (κ3) is 3.63. The maximum atomic E-state index is 13.1. The Hall–Kier alpha value is -1.73. The van der Waals surface area contributed by atoms with Crippen molar-refractivity contribution >= 4 is 64.5 Å². The molecule has 0 heterocycles. The number of methoxy groups -OCH3 is 1. The zero-order chi connectivity index (χ0) is 20.5. The summed E-state index contributed by atoms with van der Waals surface area (Å²) in [7, 11) is 1.65. The Morgan fingerprint density at radius 1 is 0.862 bits per heavy atom. The summed E-state index contributed by atoms with van der Waals surface area (Å²) < 4.78 is 26.1. The van der Waals surface area contributed by atoms with Crippen molar-refractivity contribution in [2.45, 2.75) is 11.8 Å². The minimum absolute atomic E-state index is 0.349. The van der Waals surface area contributed by atoms with Gasteiger partial charge in [0.05, 0.1) is 23.1 Å². The van der Waals surface area contributed by atoms with Crippen LogP contribution in [0.1, 0.15) is 6.92 Å². The van der Waals surface area contributed by atoms with Crippen molar-refractivity contribution in [1.29, 1.82) is 0 Å². The molecule has 29 heavy (non-hydrogen) atoms. The third-order valence-corrected chi connectivity index (χ3v) is 7.44. The highest BCUT2D eigenvalue weighted by Gasteiger charge is 2.25. The average Bonchev–Trinajstić information content (AvgIpc) is 2.72. The summed E-state index contributed by atoms with van der Waals surface area (Å²) in [5, 5.41) is 4.11. The molecule has 0 fully saturated rings. The zero-order valence-electron chi connectivity index (χ0n) is 15.9. The van der Waals surface area contributed by atoms with Crippen molar-refractivity contribution in [1.82, 2.24) is 0 Å². The molecule has 4 rings (SSSR count). The molecule has 4 aromatic carbocycles. The van der Waals surface area contributed by atoms with Gasteiger partial charge in [0.1, 0.15) is 5.75 Å². The Balaban J connectivity index is 2.25. The fraction of sp³-hybridized carbons (Fsp3) is 0.130. The highest BCUT2D eigenvalue weighted by atomic mass is 79.9. The van der Waals surface area contributed by atoms with Gasteiger partial charge in [0.2, 0.25) is 0 Å². The molecule has 0 saturated carbocycles. The molecule has 6 heteroatoms. The lowest BCUT2D eigenvalue weighted by Gasteiger charge is -2.20. The Bertz CT molecular complexity index is 1250. The van der Waals surface area contributed by atoms with Crippen molar-refractivity contribution in [3.05, 3.63) is 69.6 Å². The normalized spacial score (nSPS) is 12.4. The monoisotopic (exact) mass is 532 g/mol. The SMILES string of the molecule is CCOS(=O)c1c(Br)cc2ccccc2c1-c1c(OC)c(Br)cc2ccccc12. The van der Waals surface area contributed by atoms with E-state index in [1.54, 1.807) is 7.11 Å². The van der Waals surface area contributed by atoms with Crippen molar-refractivity contribution < 1.29 is 13.1 Å². The Labute approximate surface area is 188 Å². The molecule has 0 amide bonds. The van der Waals surface area contributed by atoms with Crippen LogP contribution in [-0.2, 0) is 15.3 Å². The van der Waals surface area contributed by atoms with E-state index in [9.17, 15) is 4.21 Å². The number of benzene rings is 4. The summed E-state index contributed by atoms with van der Waals surface area (Å²) in [4.78, 5) is 0.604. The predicted molar refractivity (Wildman–Crippen MR) is 127 cm³/mol. The summed E-state index contributed by atoms with van der Waals surface area (Å²) in [6, 6.07) is 20.2. The van der Waals surface area contributed by atoms with Crippen LogP contribution in [0, 0.1) is 0 Å². The lowest BCUT2D eigenvalue weighted by atomic mass is 9.93. The molecule has 0 saturated heterocycles. The van der Waals surface area contributed by atoms with Gasteiger partial charge < -0.3 is 4.74 Å². The van der Waals surface area contributed by atoms with Crippen LogP contribution in [-0.4, -0.2) is 17.9 Å². The van der Waals surface area contributed by atoms with Gasteiger partial charge in [-0.05, 0) is 72.5 Å². The standard InChI is InChI=1S/C23H18Br2O3S/c1-3-28-29(26)23-19(25)13-15-9-5-7-11-17(15)21(23)20-16-10-6-4-8-14(16)12-18(24)22(20)27-2/h4-13H,3H2,1-2H3. The van der Waals surface area contributed by atoms with E-state index in [2.05, 4.69) is 44.0 Å². The maximum Gasteiger partial charge on any atom is 0.190 e. The van der Waals surface area contributed by atoms with Crippen LogP contribution in [0.3, 0.4) is 0 Å². The number of hydrogen-bond donors (Lipinski definition) is 0. The molecule has 1 atom stereocenters. The molecule has 0 N–H and O–H groups in total. The van der Waals surface area contributed by atoms with Gasteiger partial charge in [-0.2, -0.15) is 0 Å². The van der Waals surface area contributed by atoms with Crippen LogP contribution in [0.4, 0.5) is 0 Å². The van der Waals surface area contributed by atoms with E-state index in [1.165, 1.54) is 0 Å². The molecule has 0 aliphatic rings. The van der Waals surface area contributed by atoms with Gasteiger partial charge >= 0.3 is 0 Å². The van der Waals surface area contributed by atoms with Crippen molar-refractivity contribution in [3.8, 4) is 16.9 Å². The van der Waals surface area contributed by atoms with E-state index in [0.717, 1.165) is 41.6 Å². The number of rotatable bonds is 5. The van der Waals surface area contributed by atoms with Crippen LogP contribution >= 0.6 is 31.9 Å². The second-order valence-electron chi connectivity index (χ2n) is 6.41. The average molecular weight is 534 g/mol. The van der Waals surface area contributed by atoms with E-state index < -0.39 is 11.1 Å². The summed E-state index contributed by atoms with van der Waals surface area (Å²) in [5.74, 6) is 0.696. The smallest absolute Gasteiger partial charge is 0.190 e. The van der Waals surface area contributed by atoms with Gasteiger partial charge in [-0.25, -0.2) is 4.21 Å². The summed E-state index contributed by atoms with van der Waals surface area (Å²) in [6.07, 6.45) is 0. The van der Waals surface area contributed by atoms with Gasteiger partial charge in [0.25, 0.3) is 0 Å². The molecule has 0 aromatic heterocycles. The maximum absolute atomic E-state index is 13.1. The van der Waals surface area contributed by atoms with E-state index in [1.807, 2.05) is 55.5 Å². The number of halogens is 2. The quantitative estimate of drug-likeness (QED) is 0.271. The number of fused-ring (bicyclic) bond motifs is 2. The van der Waals surface area contributed by atoms with Crippen molar-refractivity contribution in [2.24, 2.45) is 0 Å². The molecule has 1 unspecified atom stereocenters. The van der Waals surface area contributed by atoms with Crippen LogP contribution in [0.15, 0.2) is 74.5 Å². The highest BCUT2D eigenvalue weighted by molar-refractivity contribution is 9.10. The predicted octanol–water partition coefficient (Wildman–Crippen LogP) is 7.25. The molecule has 0 aliphatic carbocycles. The van der Waals surface area contributed by atoms with Gasteiger partial charge in [-0.3, -0.25) is 4.18 Å². The van der Waals surface area contributed by atoms with E-state index in [4.69, 9.17) is 8.92 Å². The molecule has 3 nitrogen and oxygen atoms in total. The largest absolute Gasteiger partial charge is 0.495 e. The third-order valence-electron chi connectivity index (χ3n) is 4.76. The van der Waals surface area contributed by atoms with Crippen LogP contribution in [0.2, 0.25) is 0 Å². The fourth-order valence-electron chi connectivity index (χ4n) is 3.61. The van der Waals surface area contributed by atoms with Gasteiger partial charge in [-0.15, -0.1) is 0 Å². The van der Waals surface area contributed by atoms with Gasteiger partial charge in [0, 0.05) is 15.6 Å². The molecular weight excluding hydrogens is 516 g/mol. The summed E-state index contributed by atoms with van der Waals surface area (Å²) in [6.45, 7) is 2.18. The molecular formula is C23H18Br2O3S. The minimum atomic E-state index is -1.64. The van der Waals surface area contributed by atoms with Gasteiger partial charge in [0.15, 0.2) is 11.1 Å². The van der Waals surface area contributed by atoms with Crippen molar-refractivity contribution in [2.75, 3.05) is 13.7 Å². The molecule has 0 bridgehead atoms. The van der Waals surface area contributed by atoms with E-state index in [0.29, 0.717) is 17.3 Å². The first kappa shape index (κ1) is 20.5. The highest BCUT2D eigenvalue weighted by Crippen LogP contribution is 2.48. The summed E-state index contributed by atoms with van der Waals surface area (Å²) >= 11 is 5.66.